The molecule has 0 unspecified atom stereocenters. The molecule has 0 bridgehead atoms. The van der Waals surface area contributed by atoms with E-state index in [2.05, 4.69) is 50.5 Å². The van der Waals surface area contributed by atoms with Crippen LogP contribution in [-0.2, 0) is 0 Å². The number of hydrogen-bond donors (Lipinski definition) is 2. The van der Waals surface area contributed by atoms with Gasteiger partial charge >= 0.3 is 0 Å². The van der Waals surface area contributed by atoms with E-state index in [1.165, 1.54) is 24.9 Å². The van der Waals surface area contributed by atoms with Crippen molar-refractivity contribution < 1.29 is 0 Å². The van der Waals surface area contributed by atoms with Crippen LogP contribution in [0, 0.1) is 0 Å². The number of rotatable bonds is 10. The quantitative estimate of drug-likeness (QED) is 0.510. The first-order valence-electron chi connectivity index (χ1n) is 8.84. The lowest BCUT2D eigenvalue weighted by atomic mass is 10.3. The topological polar surface area (TPSA) is 52.0 Å². The van der Waals surface area contributed by atoms with Crippen LogP contribution in [0.15, 0.2) is 24.3 Å². The van der Waals surface area contributed by atoms with Gasteiger partial charge in [0.2, 0.25) is 0 Å². The molecule has 0 spiro atoms. The Morgan fingerprint density at radius 3 is 1.23 bits per heavy atom. The molecule has 126 valence electrons. The SMILES string of the molecule is C[Si](C)(CCCCN)c1ccc([Si](C)(C)CCCCN)cc1. The average molecular weight is 337 g/mol. The van der Waals surface area contributed by atoms with E-state index >= 15 is 0 Å². The molecule has 1 rings (SSSR count). The zero-order chi connectivity index (χ0) is 16.6. The minimum Gasteiger partial charge on any atom is -0.330 e. The standard InChI is InChI=1S/C18H36N2Si2/c1-21(2,15-7-5-13-19)17-9-11-18(12-10-17)22(3,4)16-8-6-14-20/h9-12H,5-8,13-16,19-20H2,1-4H3. The predicted octanol–water partition coefficient (Wildman–Crippen LogP) is 3.00. The van der Waals surface area contributed by atoms with Crippen molar-refractivity contribution in [3.63, 3.8) is 0 Å². The van der Waals surface area contributed by atoms with Crippen molar-refractivity contribution in [1.82, 2.24) is 0 Å². The summed E-state index contributed by atoms with van der Waals surface area (Å²) in [6, 6.07) is 12.4. The maximum Gasteiger partial charge on any atom is 0.0806 e. The molecule has 0 heterocycles. The summed E-state index contributed by atoms with van der Waals surface area (Å²) in [6.45, 7) is 11.6. The average Bonchev–Trinajstić information content (AvgIpc) is 2.48. The minimum absolute atomic E-state index is 0.825. The molecular formula is C18H36N2Si2. The van der Waals surface area contributed by atoms with Gasteiger partial charge in [-0.05, 0) is 25.9 Å². The van der Waals surface area contributed by atoms with E-state index in [4.69, 9.17) is 11.5 Å². The van der Waals surface area contributed by atoms with Gasteiger partial charge < -0.3 is 11.5 Å². The van der Waals surface area contributed by atoms with Crippen molar-refractivity contribution in [2.75, 3.05) is 13.1 Å². The van der Waals surface area contributed by atoms with Crippen molar-refractivity contribution in [3.8, 4) is 0 Å². The summed E-state index contributed by atoms with van der Waals surface area (Å²) >= 11 is 0. The molecule has 2 nitrogen and oxygen atoms in total. The van der Waals surface area contributed by atoms with Gasteiger partial charge in [-0.3, -0.25) is 0 Å². The Balaban J connectivity index is 2.72. The first-order valence-corrected chi connectivity index (χ1v) is 15.3. The van der Waals surface area contributed by atoms with Crippen molar-refractivity contribution in [1.29, 1.82) is 0 Å². The Bertz CT molecular complexity index is 386. The molecule has 0 fully saturated rings. The fourth-order valence-electron chi connectivity index (χ4n) is 3.08. The molecule has 0 radical (unpaired) electrons. The molecule has 0 aliphatic carbocycles. The second-order valence-electron chi connectivity index (χ2n) is 7.84. The van der Waals surface area contributed by atoms with Gasteiger partial charge in [0.05, 0.1) is 16.1 Å². The van der Waals surface area contributed by atoms with Crippen LogP contribution in [0.3, 0.4) is 0 Å². The van der Waals surface area contributed by atoms with Crippen molar-refractivity contribution >= 4 is 26.5 Å². The number of hydrogen-bond acceptors (Lipinski definition) is 2. The lowest BCUT2D eigenvalue weighted by Gasteiger charge is -2.26. The Hall–Kier alpha value is -0.426. The molecule has 0 amide bonds. The summed E-state index contributed by atoms with van der Waals surface area (Å²) in [5.41, 5.74) is 11.3. The van der Waals surface area contributed by atoms with E-state index in [0.29, 0.717) is 0 Å². The number of benzene rings is 1. The van der Waals surface area contributed by atoms with E-state index in [0.717, 1.165) is 25.9 Å². The van der Waals surface area contributed by atoms with E-state index in [1.807, 2.05) is 0 Å². The zero-order valence-electron chi connectivity index (χ0n) is 15.1. The summed E-state index contributed by atoms with van der Waals surface area (Å²) in [4.78, 5) is 0. The second kappa shape index (κ2) is 9.01. The summed E-state index contributed by atoms with van der Waals surface area (Å²) in [6.07, 6.45) is 4.87. The van der Waals surface area contributed by atoms with Gasteiger partial charge in [-0.1, -0.05) is 85.8 Å². The minimum atomic E-state index is -1.29. The Labute approximate surface area is 139 Å². The molecule has 4 heteroatoms. The Morgan fingerprint density at radius 1 is 0.636 bits per heavy atom. The molecule has 1 aromatic rings. The normalized spacial score (nSPS) is 12.6. The summed E-state index contributed by atoms with van der Waals surface area (Å²) in [5, 5.41) is 3.19. The molecule has 1 aromatic carbocycles. The highest BCUT2D eigenvalue weighted by Gasteiger charge is 2.25. The van der Waals surface area contributed by atoms with Crippen LogP contribution in [0.25, 0.3) is 0 Å². The molecule has 0 saturated heterocycles. The fourth-order valence-corrected chi connectivity index (χ4v) is 8.07. The van der Waals surface area contributed by atoms with Crippen LogP contribution in [0.2, 0.25) is 38.3 Å². The third kappa shape index (κ3) is 5.99. The molecule has 22 heavy (non-hydrogen) atoms. The third-order valence-corrected chi connectivity index (χ3v) is 12.0. The van der Waals surface area contributed by atoms with Gasteiger partial charge in [-0.25, -0.2) is 0 Å². The van der Waals surface area contributed by atoms with Gasteiger partial charge in [0.15, 0.2) is 0 Å². The molecular weight excluding hydrogens is 300 g/mol. The van der Waals surface area contributed by atoms with Crippen LogP contribution < -0.4 is 21.8 Å². The third-order valence-electron chi connectivity index (χ3n) is 4.96. The van der Waals surface area contributed by atoms with Gasteiger partial charge in [0, 0.05) is 0 Å². The first kappa shape index (κ1) is 19.6. The summed E-state index contributed by atoms with van der Waals surface area (Å²) in [7, 11) is -2.57. The highest BCUT2D eigenvalue weighted by atomic mass is 28.3. The second-order valence-corrected chi connectivity index (χ2v) is 17.5. The first-order chi connectivity index (χ1) is 10.3. The van der Waals surface area contributed by atoms with Gasteiger partial charge in [-0.2, -0.15) is 0 Å². The van der Waals surface area contributed by atoms with Crippen molar-refractivity contribution in [2.24, 2.45) is 11.5 Å². The molecule has 0 aromatic heterocycles. The fraction of sp³-hybridized carbons (Fsp3) is 0.667. The molecule has 0 atom stereocenters. The smallest absolute Gasteiger partial charge is 0.0806 e. The lowest BCUT2D eigenvalue weighted by Crippen LogP contribution is -2.45. The molecule has 0 aliphatic rings. The molecule has 0 saturated carbocycles. The highest BCUT2D eigenvalue weighted by Crippen LogP contribution is 2.16. The number of nitrogens with two attached hydrogens (primary N) is 2. The zero-order valence-corrected chi connectivity index (χ0v) is 17.1. The lowest BCUT2D eigenvalue weighted by molar-refractivity contribution is 0.797. The predicted molar refractivity (Wildman–Crippen MR) is 107 cm³/mol. The van der Waals surface area contributed by atoms with E-state index in [-0.39, 0.29) is 0 Å². The largest absolute Gasteiger partial charge is 0.330 e. The van der Waals surface area contributed by atoms with E-state index < -0.39 is 16.1 Å². The van der Waals surface area contributed by atoms with Gasteiger partial charge in [0.1, 0.15) is 0 Å². The van der Waals surface area contributed by atoms with Crippen LogP contribution in [0.5, 0.6) is 0 Å². The Kier molecular flexibility index (Phi) is 8.04. The van der Waals surface area contributed by atoms with Crippen molar-refractivity contribution in [2.45, 2.75) is 64.0 Å². The van der Waals surface area contributed by atoms with E-state index in [9.17, 15) is 0 Å². The maximum absolute atomic E-state index is 5.63. The highest BCUT2D eigenvalue weighted by molar-refractivity contribution is 6.91. The van der Waals surface area contributed by atoms with E-state index in [1.54, 1.807) is 10.4 Å². The number of unbranched alkanes of at least 4 members (excludes halogenated alkanes) is 2. The van der Waals surface area contributed by atoms with Gasteiger partial charge in [0.25, 0.3) is 0 Å². The van der Waals surface area contributed by atoms with Crippen LogP contribution >= 0.6 is 0 Å². The van der Waals surface area contributed by atoms with Crippen molar-refractivity contribution in [3.05, 3.63) is 24.3 Å². The van der Waals surface area contributed by atoms with Crippen LogP contribution in [0.4, 0.5) is 0 Å². The monoisotopic (exact) mass is 336 g/mol. The summed E-state index contributed by atoms with van der Waals surface area (Å²) < 4.78 is 0. The molecule has 0 aliphatic heterocycles. The molecule has 4 N–H and O–H groups in total. The maximum atomic E-state index is 5.63. The summed E-state index contributed by atoms with van der Waals surface area (Å²) in [5.74, 6) is 0. The van der Waals surface area contributed by atoms with Crippen LogP contribution in [-0.4, -0.2) is 29.2 Å². The van der Waals surface area contributed by atoms with Crippen LogP contribution in [0.1, 0.15) is 25.7 Å². The Morgan fingerprint density at radius 2 is 0.955 bits per heavy atom. The van der Waals surface area contributed by atoms with Gasteiger partial charge in [-0.15, -0.1) is 0 Å².